The van der Waals surface area contributed by atoms with Gasteiger partial charge >= 0.3 is 0 Å². The third-order valence-electron chi connectivity index (χ3n) is 5.32. The van der Waals surface area contributed by atoms with Gasteiger partial charge in [0.05, 0.1) is 22.0 Å². The summed E-state index contributed by atoms with van der Waals surface area (Å²) in [5, 5.41) is 53.6. The van der Waals surface area contributed by atoms with Crippen LogP contribution in [0.4, 0.5) is 22.7 Å². The molecule has 0 spiro atoms. The molecule has 0 radical (unpaired) electrons. The minimum absolute atomic E-state index is 0.0431. The highest BCUT2D eigenvalue weighted by Crippen LogP contribution is 2.35. The fourth-order valence-electron chi connectivity index (χ4n) is 3.79. The van der Waals surface area contributed by atoms with E-state index in [4.69, 9.17) is 0 Å². The minimum atomic E-state index is -0.581. The van der Waals surface area contributed by atoms with Crippen LogP contribution >= 0.6 is 0 Å². The van der Waals surface area contributed by atoms with Crippen LogP contribution in [0.3, 0.4) is 0 Å². The molecule has 0 N–H and O–H groups in total. The zero-order chi connectivity index (χ0) is 22.6. The predicted molar refractivity (Wildman–Crippen MR) is 104 cm³/mol. The van der Waals surface area contributed by atoms with Crippen molar-refractivity contribution in [3.8, 4) is 0 Å². The van der Waals surface area contributed by atoms with E-state index in [1.54, 1.807) is 9.80 Å². The Morgan fingerprint density at radius 2 is 1.12 bits per heavy atom. The zero-order valence-corrected chi connectivity index (χ0v) is 16.0. The molecule has 32 heavy (non-hydrogen) atoms. The van der Waals surface area contributed by atoms with Gasteiger partial charge in [0, 0.05) is 48.6 Å². The van der Waals surface area contributed by atoms with Gasteiger partial charge < -0.3 is 20.2 Å². The maximum Gasteiger partial charge on any atom is 0.297 e. The molecule has 164 valence electrons. The van der Waals surface area contributed by atoms with E-state index in [0.29, 0.717) is 0 Å². The van der Waals surface area contributed by atoms with Gasteiger partial charge in [0.2, 0.25) is 11.0 Å². The van der Waals surface area contributed by atoms with Gasteiger partial charge in [-0.15, -0.1) is 0 Å². The van der Waals surface area contributed by atoms with Gasteiger partial charge in [-0.1, -0.05) is 0 Å². The molecule has 5 rings (SSSR count). The fraction of sp³-hybridized carbons (Fsp3) is 0.250. The van der Waals surface area contributed by atoms with E-state index in [9.17, 15) is 30.6 Å². The number of aromatic nitrogens is 4. The Labute approximate surface area is 175 Å². The topological polar surface area (TPSA) is 199 Å². The Kier molecular flexibility index (Phi) is 4.14. The molecule has 0 unspecified atom stereocenters. The highest BCUT2D eigenvalue weighted by atomic mass is 16.8. The number of hydrogen-bond acceptors (Lipinski definition) is 12. The van der Waals surface area contributed by atoms with E-state index in [1.165, 1.54) is 12.1 Å². The number of benzene rings is 2. The van der Waals surface area contributed by atoms with E-state index < -0.39 is 9.85 Å². The van der Waals surface area contributed by atoms with Crippen molar-refractivity contribution in [2.24, 2.45) is 0 Å². The number of fused-ring (bicyclic) bond motifs is 2. The van der Waals surface area contributed by atoms with Crippen molar-refractivity contribution in [2.45, 2.75) is 0 Å². The summed E-state index contributed by atoms with van der Waals surface area (Å²) in [6.45, 7) is 1.03. The molecular weight excluding hydrogens is 432 g/mol. The van der Waals surface area contributed by atoms with E-state index in [1.807, 2.05) is 0 Å². The smallest absolute Gasteiger partial charge is 0.297 e. The van der Waals surface area contributed by atoms with Crippen LogP contribution in [0.25, 0.3) is 22.1 Å². The molecule has 16 heteroatoms. The summed E-state index contributed by atoms with van der Waals surface area (Å²) in [5.41, 5.74) is 0.111. The van der Waals surface area contributed by atoms with E-state index in [2.05, 4.69) is 19.6 Å². The first-order valence-electron chi connectivity index (χ1n) is 9.19. The number of nitro groups is 2. The normalized spacial score (nSPS) is 14.4. The second-order valence-electron chi connectivity index (χ2n) is 7.01. The molecule has 0 aliphatic carbocycles. The average molecular weight is 444 g/mol. The van der Waals surface area contributed by atoms with Crippen molar-refractivity contribution in [1.29, 1.82) is 0 Å². The van der Waals surface area contributed by atoms with Crippen LogP contribution in [-0.4, -0.2) is 46.3 Å². The predicted octanol–water partition coefficient (Wildman–Crippen LogP) is 0.379. The SMILES string of the molecule is O=[N+]([O-])c1cc2no[n+]([O-])c2cc1N1CCN(c2cc3c(cc2[N+](=O)[O-])no[n+]3[O-])CC1. The molecule has 3 heterocycles. The third-order valence-corrected chi connectivity index (χ3v) is 5.32. The van der Waals surface area contributed by atoms with Crippen LogP contribution in [0.2, 0.25) is 0 Å². The van der Waals surface area contributed by atoms with Crippen LogP contribution in [0.5, 0.6) is 0 Å². The summed E-state index contributed by atoms with van der Waals surface area (Å²) >= 11 is 0. The van der Waals surface area contributed by atoms with Gasteiger partial charge in [-0.2, -0.15) is 0 Å². The first kappa shape index (κ1) is 19.2. The second kappa shape index (κ2) is 6.89. The molecule has 16 nitrogen and oxygen atoms in total. The summed E-state index contributed by atoms with van der Waals surface area (Å²) in [6.07, 6.45) is 0. The maximum absolute atomic E-state index is 11.7. The molecule has 0 bridgehead atoms. The number of anilines is 2. The lowest BCUT2D eigenvalue weighted by Crippen LogP contribution is -2.47. The molecule has 0 atom stereocenters. The maximum atomic E-state index is 11.7. The molecule has 2 aromatic heterocycles. The van der Waals surface area contributed by atoms with Crippen molar-refractivity contribution < 1.29 is 28.9 Å². The minimum Gasteiger partial charge on any atom is -0.362 e. The molecule has 0 saturated carbocycles. The van der Waals surface area contributed by atoms with E-state index in [-0.39, 0.29) is 80.8 Å². The molecule has 2 aromatic carbocycles. The van der Waals surface area contributed by atoms with Crippen molar-refractivity contribution in [2.75, 3.05) is 36.0 Å². The lowest BCUT2D eigenvalue weighted by atomic mass is 10.1. The quantitative estimate of drug-likeness (QED) is 0.238. The first-order valence-corrected chi connectivity index (χ1v) is 9.19. The van der Waals surface area contributed by atoms with Crippen molar-refractivity contribution >= 4 is 44.8 Å². The molecule has 1 fully saturated rings. The number of rotatable bonds is 4. The fourth-order valence-corrected chi connectivity index (χ4v) is 3.79. The van der Waals surface area contributed by atoms with Gasteiger partial charge in [0.1, 0.15) is 11.4 Å². The number of hydrogen-bond donors (Lipinski definition) is 0. The number of nitrogens with zero attached hydrogens (tertiary/aromatic N) is 8. The largest absolute Gasteiger partial charge is 0.362 e. The Bertz CT molecular complexity index is 1280. The van der Waals surface area contributed by atoms with Gasteiger partial charge in [-0.05, 0) is 9.81 Å². The first-order chi connectivity index (χ1) is 15.3. The Morgan fingerprint density at radius 1 is 0.750 bits per heavy atom. The second-order valence-corrected chi connectivity index (χ2v) is 7.01. The summed E-state index contributed by atoms with van der Waals surface area (Å²) in [4.78, 5) is 25.7. The summed E-state index contributed by atoms with van der Waals surface area (Å²) in [6, 6.07) is 4.98. The monoisotopic (exact) mass is 444 g/mol. The number of piperazine rings is 1. The highest BCUT2D eigenvalue weighted by Gasteiger charge is 2.31. The van der Waals surface area contributed by atoms with Crippen LogP contribution in [0.1, 0.15) is 0 Å². The Balaban J connectivity index is 1.47. The Morgan fingerprint density at radius 3 is 1.47 bits per heavy atom. The summed E-state index contributed by atoms with van der Waals surface area (Å²) in [7, 11) is 0. The molecular formula is C16H12N8O8. The summed E-state index contributed by atoms with van der Waals surface area (Å²) in [5.74, 6) is 0. The molecule has 1 aliphatic heterocycles. The van der Waals surface area contributed by atoms with Crippen molar-refractivity contribution in [1.82, 2.24) is 10.3 Å². The van der Waals surface area contributed by atoms with Gasteiger partial charge in [0.25, 0.3) is 22.4 Å². The van der Waals surface area contributed by atoms with E-state index in [0.717, 1.165) is 12.1 Å². The van der Waals surface area contributed by atoms with Crippen molar-refractivity contribution in [3.63, 3.8) is 0 Å². The van der Waals surface area contributed by atoms with E-state index >= 15 is 0 Å². The third kappa shape index (κ3) is 2.92. The van der Waals surface area contributed by atoms with Crippen molar-refractivity contribution in [3.05, 3.63) is 54.9 Å². The lowest BCUT2D eigenvalue weighted by molar-refractivity contribution is -0.782. The zero-order valence-electron chi connectivity index (χ0n) is 16.0. The van der Waals surface area contributed by atoms with Crippen LogP contribution in [-0.2, 0) is 0 Å². The molecule has 4 aromatic rings. The van der Waals surface area contributed by atoms with Gasteiger partial charge in [-0.25, -0.2) is 0 Å². The molecule has 1 aliphatic rings. The van der Waals surface area contributed by atoms with Crippen LogP contribution in [0, 0.1) is 30.6 Å². The van der Waals surface area contributed by atoms with Gasteiger partial charge in [-0.3, -0.25) is 29.5 Å². The average Bonchev–Trinajstić information content (AvgIpc) is 3.34. The lowest BCUT2D eigenvalue weighted by Gasteiger charge is -2.36. The highest BCUT2D eigenvalue weighted by molar-refractivity contribution is 5.84. The Hall–Kier alpha value is -4.76. The summed E-state index contributed by atoms with van der Waals surface area (Å²) < 4.78 is 9.00. The molecule has 0 amide bonds. The standard InChI is InChI=1S/C16H12N8O8/c25-21(26)15-5-9-11(23(29)31-17-9)7-13(15)19-1-2-20(4-3-19)14-8-12-10(18-32-24(12)30)6-16(14)22(27)28/h5-8H,1-4H2. The van der Waals surface area contributed by atoms with Crippen LogP contribution < -0.4 is 19.6 Å². The van der Waals surface area contributed by atoms with Crippen LogP contribution in [0.15, 0.2) is 33.5 Å². The number of nitro benzene ring substituents is 2. The van der Waals surface area contributed by atoms with Gasteiger partial charge in [0.15, 0.2) is 0 Å². The molecule has 1 saturated heterocycles.